The number of nitrogens with zero attached hydrogens (tertiary/aromatic N) is 2. The van der Waals surface area contributed by atoms with Crippen LogP contribution in [-0.4, -0.2) is 24.7 Å². The number of aryl methyl sites for hydroxylation is 1. The number of benzene rings is 2. The Morgan fingerprint density at radius 3 is 2.71 bits per heavy atom. The summed E-state index contributed by atoms with van der Waals surface area (Å²) in [6.07, 6.45) is -2.88. The topological polar surface area (TPSA) is 77.4 Å². The van der Waals surface area contributed by atoms with Gasteiger partial charge in [-0.05, 0) is 54.9 Å². The van der Waals surface area contributed by atoms with Crippen LogP contribution in [0.5, 0.6) is 5.75 Å². The standard InChI is InChI=1S/C21H19F3N4O2S/c1-30-18-12-17-13(4-2-7-19(29)28(17)9-8-25)10-16(18)27-20(31)26-15-6-3-5-14(11-15)21(22,23)24/h3,5-6,10-12H,2,4,7,9H2,1H3,(H2,26,27,31). The van der Waals surface area contributed by atoms with Crippen LogP contribution >= 0.6 is 12.2 Å². The van der Waals surface area contributed by atoms with Crippen molar-refractivity contribution in [1.29, 1.82) is 5.26 Å². The van der Waals surface area contributed by atoms with Crippen molar-refractivity contribution in [2.75, 3.05) is 29.2 Å². The minimum atomic E-state index is -4.46. The maximum absolute atomic E-state index is 12.9. The highest BCUT2D eigenvalue weighted by Crippen LogP contribution is 2.37. The number of hydrogen-bond donors (Lipinski definition) is 2. The van der Waals surface area contributed by atoms with Crippen molar-refractivity contribution in [3.05, 3.63) is 47.5 Å². The molecule has 0 fully saturated rings. The summed E-state index contributed by atoms with van der Waals surface area (Å²) in [6.45, 7) is -0.0721. The lowest BCUT2D eigenvalue weighted by atomic mass is 10.1. The Morgan fingerprint density at radius 1 is 1.26 bits per heavy atom. The molecule has 1 heterocycles. The van der Waals surface area contributed by atoms with Crippen molar-refractivity contribution in [1.82, 2.24) is 0 Å². The molecule has 2 aromatic carbocycles. The predicted molar refractivity (Wildman–Crippen MR) is 115 cm³/mol. The Balaban J connectivity index is 1.85. The van der Waals surface area contributed by atoms with E-state index in [1.807, 2.05) is 6.07 Å². The number of carbonyl (C=O) groups excluding carboxylic acids is 1. The van der Waals surface area contributed by atoms with Gasteiger partial charge in [0, 0.05) is 18.2 Å². The average Bonchev–Trinajstić information content (AvgIpc) is 2.86. The lowest BCUT2D eigenvalue weighted by molar-refractivity contribution is -0.137. The molecule has 0 saturated carbocycles. The number of rotatable bonds is 4. The van der Waals surface area contributed by atoms with Gasteiger partial charge >= 0.3 is 6.18 Å². The van der Waals surface area contributed by atoms with Gasteiger partial charge in [-0.15, -0.1) is 0 Å². The molecule has 31 heavy (non-hydrogen) atoms. The van der Waals surface area contributed by atoms with Crippen LogP contribution in [0.3, 0.4) is 0 Å². The molecule has 0 radical (unpaired) electrons. The highest BCUT2D eigenvalue weighted by Gasteiger charge is 2.30. The first-order chi connectivity index (χ1) is 14.7. The summed E-state index contributed by atoms with van der Waals surface area (Å²) in [7, 11) is 1.45. The molecule has 2 aromatic rings. The zero-order valence-electron chi connectivity index (χ0n) is 16.5. The van der Waals surface area contributed by atoms with Gasteiger partial charge in [0.25, 0.3) is 0 Å². The summed E-state index contributed by atoms with van der Waals surface area (Å²) in [6, 6.07) is 10.1. The van der Waals surface area contributed by atoms with E-state index < -0.39 is 11.7 Å². The second kappa shape index (κ2) is 9.22. The number of halogens is 3. The predicted octanol–water partition coefficient (Wildman–Crippen LogP) is 4.72. The SMILES string of the molecule is COc1cc2c(cc1NC(=S)Nc1cccc(C(F)(F)F)c1)CCCC(=O)N2CC#N. The van der Waals surface area contributed by atoms with Gasteiger partial charge in [-0.2, -0.15) is 18.4 Å². The summed E-state index contributed by atoms with van der Waals surface area (Å²) in [5, 5.41) is 14.8. The van der Waals surface area contributed by atoms with Gasteiger partial charge in [-0.25, -0.2) is 0 Å². The highest BCUT2D eigenvalue weighted by atomic mass is 32.1. The summed E-state index contributed by atoms with van der Waals surface area (Å²) in [4.78, 5) is 13.8. The molecule has 0 atom stereocenters. The number of ether oxygens (including phenoxy) is 1. The molecule has 3 rings (SSSR count). The Labute approximate surface area is 182 Å². The zero-order valence-corrected chi connectivity index (χ0v) is 17.4. The molecule has 10 heteroatoms. The van der Waals surface area contributed by atoms with E-state index in [1.54, 1.807) is 12.1 Å². The number of fused-ring (bicyclic) bond motifs is 1. The van der Waals surface area contributed by atoms with Gasteiger partial charge in [-0.1, -0.05) is 6.07 Å². The lowest BCUT2D eigenvalue weighted by Gasteiger charge is -2.22. The van der Waals surface area contributed by atoms with E-state index >= 15 is 0 Å². The van der Waals surface area contributed by atoms with Crippen LogP contribution < -0.4 is 20.3 Å². The summed E-state index contributed by atoms with van der Waals surface area (Å²) in [5.74, 6) is 0.245. The second-order valence-corrected chi connectivity index (χ2v) is 7.24. The first-order valence-corrected chi connectivity index (χ1v) is 9.77. The summed E-state index contributed by atoms with van der Waals surface area (Å²) in [5.41, 5.74) is 1.34. The molecule has 1 amide bonds. The minimum absolute atomic E-state index is 0.0721. The molecular formula is C21H19F3N4O2S. The highest BCUT2D eigenvalue weighted by molar-refractivity contribution is 7.80. The molecule has 2 N–H and O–H groups in total. The van der Waals surface area contributed by atoms with Crippen molar-refractivity contribution in [3.8, 4) is 11.8 Å². The van der Waals surface area contributed by atoms with Gasteiger partial charge < -0.3 is 15.4 Å². The van der Waals surface area contributed by atoms with Gasteiger partial charge in [0.15, 0.2) is 5.11 Å². The molecule has 1 aliphatic rings. The minimum Gasteiger partial charge on any atom is -0.494 e. The van der Waals surface area contributed by atoms with Crippen LogP contribution in [0.4, 0.5) is 30.2 Å². The van der Waals surface area contributed by atoms with E-state index in [2.05, 4.69) is 10.6 Å². The normalized spacial score (nSPS) is 13.6. The molecule has 0 spiro atoms. The third-order valence-electron chi connectivity index (χ3n) is 4.75. The van der Waals surface area contributed by atoms with Crippen LogP contribution in [0.2, 0.25) is 0 Å². The van der Waals surface area contributed by atoms with E-state index in [0.29, 0.717) is 36.4 Å². The van der Waals surface area contributed by atoms with Crippen LogP contribution in [0.25, 0.3) is 0 Å². The fraction of sp³-hybridized carbons (Fsp3) is 0.286. The first kappa shape index (κ1) is 22.4. The van der Waals surface area contributed by atoms with Crippen molar-refractivity contribution in [2.24, 2.45) is 0 Å². The fourth-order valence-corrected chi connectivity index (χ4v) is 3.56. The molecular weight excluding hydrogens is 429 g/mol. The van der Waals surface area contributed by atoms with Crippen LogP contribution in [0.1, 0.15) is 24.0 Å². The molecule has 6 nitrogen and oxygen atoms in total. The van der Waals surface area contributed by atoms with Crippen molar-refractivity contribution < 1.29 is 22.7 Å². The fourth-order valence-electron chi connectivity index (χ4n) is 3.33. The summed E-state index contributed by atoms with van der Waals surface area (Å²) >= 11 is 5.26. The average molecular weight is 448 g/mol. The van der Waals surface area contributed by atoms with Crippen molar-refractivity contribution in [2.45, 2.75) is 25.4 Å². The quantitative estimate of drug-likeness (QED) is 0.521. The van der Waals surface area contributed by atoms with Crippen LogP contribution in [0.15, 0.2) is 36.4 Å². The van der Waals surface area contributed by atoms with Crippen molar-refractivity contribution >= 4 is 40.3 Å². The Morgan fingerprint density at radius 2 is 2.03 bits per heavy atom. The molecule has 0 saturated heterocycles. The van der Waals surface area contributed by atoms with Crippen molar-refractivity contribution in [3.63, 3.8) is 0 Å². The number of carbonyl (C=O) groups is 1. The summed E-state index contributed by atoms with van der Waals surface area (Å²) < 4.78 is 44.2. The second-order valence-electron chi connectivity index (χ2n) is 6.83. The number of thiocarbonyl (C=S) groups is 1. The zero-order chi connectivity index (χ0) is 22.6. The first-order valence-electron chi connectivity index (χ1n) is 9.36. The Kier molecular flexibility index (Phi) is 6.65. The third kappa shape index (κ3) is 5.24. The van der Waals surface area contributed by atoms with Gasteiger partial charge in [0.2, 0.25) is 5.91 Å². The maximum atomic E-state index is 12.9. The monoisotopic (exact) mass is 448 g/mol. The number of amides is 1. The van der Waals surface area contributed by atoms with E-state index in [0.717, 1.165) is 17.7 Å². The van der Waals surface area contributed by atoms with Crippen LogP contribution in [0, 0.1) is 11.3 Å². The van der Waals surface area contributed by atoms with E-state index in [9.17, 15) is 18.0 Å². The Bertz CT molecular complexity index is 1050. The number of nitriles is 1. The molecule has 0 aliphatic carbocycles. The molecule has 0 aromatic heterocycles. The number of nitrogens with one attached hydrogen (secondary N) is 2. The molecule has 0 unspecified atom stereocenters. The van der Waals surface area contributed by atoms with Gasteiger partial charge in [-0.3, -0.25) is 9.69 Å². The number of methoxy groups -OCH3 is 1. The Hall–Kier alpha value is -3.32. The van der Waals surface area contributed by atoms with E-state index in [1.165, 1.54) is 24.1 Å². The van der Waals surface area contributed by atoms with E-state index in [-0.39, 0.29) is 23.3 Å². The molecule has 0 bridgehead atoms. The molecule has 162 valence electrons. The third-order valence-corrected chi connectivity index (χ3v) is 4.96. The van der Waals surface area contributed by atoms with E-state index in [4.69, 9.17) is 22.2 Å². The smallest absolute Gasteiger partial charge is 0.416 e. The van der Waals surface area contributed by atoms with Gasteiger partial charge in [0.1, 0.15) is 12.3 Å². The largest absolute Gasteiger partial charge is 0.494 e. The molecule has 1 aliphatic heterocycles. The number of anilines is 3. The van der Waals surface area contributed by atoms with Gasteiger partial charge in [0.05, 0.1) is 30.1 Å². The maximum Gasteiger partial charge on any atom is 0.416 e. The number of alkyl halides is 3. The number of hydrogen-bond acceptors (Lipinski definition) is 4. The van der Waals surface area contributed by atoms with Crippen LogP contribution in [-0.2, 0) is 17.4 Å². The lowest BCUT2D eigenvalue weighted by Crippen LogP contribution is -2.30.